The van der Waals surface area contributed by atoms with Gasteiger partial charge in [-0.25, -0.2) is 9.18 Å². The van der Waals surface area contributed by atoms with Crippen LogP contribution in [0.15, 0.2) is 53.5 Å². The minimum Gasteiger partial charge on any atom is -0.477 e. The molecule has 158 valence electrons. The van der Waals surface area contributed by atoms with Crippen molar-refractivity contribution in [1.29, 1.82) is 0 Å². The monoisotopic (exact) mass is 459 g/mol. The van der Waals surface area contributed by atoms with Gasteiger partial charge in [-0.3, -0.25) is 9.48 Å². The van der Waals surface area contributed by atoms with Gasteiger partial charge in [0.25, 0.3) is 0 Å². The summed E-state index contributed by atoms with van der Waals surface area (Å²) in [6.07, 6.45) is 1.54. The molecule has 0 saturated heterocycles. The number of nitrogens with zero attached hydrogens (tertiary/aromatic N) is 3. The molecule has 0 aliphatic rings. The van der Waals surface area contributed by atoms with Crippen LogP contribution in [0.4, 0.5) is 4.39 Å². The van der Waals surface area contributed by atoms with Crippen molar-refractivity contribution in [3.63, 3.8) is 0 Å². The summed E-state index contributed by atoms with van der Waals surface area (Å²) < 4.78 is 16.9. The number of benzene rings is 2. The van der Waals surface area contributed by atoms with Gasteiger partial charge >= 0.3 is 5.97 Å². The molecule has 0 fully saturated rings. The van der Waals surface area contributed by atoms with E-state index in [-0.39, 0.29) is 28.6 Å². The molecule has 0 spiro atoms. The summed E-state index contributed by atoms with van der Waals surface area (Å²) in [7, 11) is 0. The SMILES string of the molecule is CCn1c(Cn2ncc3cc(F)ccc32)cc(=O)c(C(=O)O)c1-c1ccc(Cl)c(Cl)c1. The summed E-state index contributed by atoms with van der Waals surface area (Å²) in [6.45, 7) is 2.42. The molecule has 4 rings (SSSR count). The molecule has 2 aromatic carbocycles. The number of carbonyl (C=O) groups is 1. The molecule has 9 heteroatoms. The van der Waals surface area contributed by atoms with E-state index >= 15 is 0 Å². The molecule has 0 radical (unpaired) electrons. The Morgan fingerprint density at radius 1 is 1.13 bits per heavy atom. The Morgan fingerprint density at radius 2 is 1.90 bits per heavy atom. The van der Waals surface area contributed by atoms with Crippen molar-refractivity contribution < 1.29 is 14.3 Å². The molecule has 6 nitrogen and oxygen atoms in total. The van der Waals surface area contributed by atoms with Gasteiger partial charge in [0.05, 0.1) is 34.0 Å². The minimum atomic E-state index is -1.33. The second-order valence-corrected chi connectivity index (χ2v) is 7.72. The van der Waals surface area contributed by atoms with Gasteiger partial charge in [-0.05, 0) is 37.3 Å². The van der Waals surface area contributed by atoms with Crippen LogP contribution >= 0.6 is 23.2 Å². The summed E-state index contributed by atoms with van der Waals surface area (Å²) in [5.41, 5.74) is 0.952. The largest absolute Gasteiger partial charge is 0.477 e. The molecule has 0 aliphatic carbocycles. The third-order valence-electron chi connectivity index (χ3n) is 5.04. The Morgan fingerprint density at radius 3 is 2.58 bits per heavy atom. The van der Waals surface area contributed by atoms with Crippen molar-refractivity contribution in [1.82, 2.24) is 14.3 Å². The lowest BCUT2D eigenvalue weighted by molar-refractivity contribution is 0.0695. The first-order valence-electron chi connectivity index (χ1n) is 9.36. The van der Waals surface area contributed by atoms with Crippen LogP contribution in [-0.2, 0) is 13.1 Å². The van der Waals surface area contributed by atoms with E-state index in [0.717, 1.165) is 0 Å². The quantitative estimate of drug-likeness (QED) is 0.451. The highest BCUT2D eigenvalue weighted by atomic mass is 35.5. The second kappa shape index (κ2) is 8.17. The molecule has 0 saturated carbocycles. The van der Waals surface area contributed by atoms with Gasteiger partial charge in [-0.15, -0.1) is 0 Å². The van der Waals surface area contributed by atoms with Gasteiger partial charge in [0.2, 0.25) is 0 Å². The van der Waals surface area contributed by atoms with E-state index < -0.39 is 11.4 Å². The van der Waals surface area contributed by atoms with E-state index in [1.54, 1.807) is 27.4 Å². The van der Waals surface area contributed by atoms with Crippen LogP contribution in [0.2, 0.25) is 10.0 Å². The average molecular weight is 460 g/mol. The third-order valence-corrected chi connectivity index (χ3v) is 5.78. The van der Waals surface area contributed by atoms with Crippen LogP contribution in [0.1, 0.15) is 23.0 Å². The highest BCUT2D eigenvalue weighted by Gasteiger charge is 2.22. The van der Waals surface area contributed by atoms with Gasteiger partial charge in [-0.2, -0.15) is 5.10 Å². The van der Waals surface area contributed by atoms with Gasteiger partial charge < -0.3 is 9.67 Å². The van der Waals surface area contributed by atoms with Crippen molar-refractivity contribution in [2.45, 2.75) is 20.0 Å². The highest BCUT2D eigenvalue weighted by molar-refractivity contribution is 6.42. The number of halogens is 3. The predicted molar refractivity (Wildman–Crippen MR) is 118 cm³/mol. The fourth-order valence-electron chi connectivity index (χ4n) is 3.68. The Bertz CT molecular complexity index is 1400. The smallest absolute Gasteiger partial charge is 0.341 e. The molecule has 1 N–H and O–H groups in total. The van der Waals surface area contributed by atoms with Crippen LogP contribution in [-0.4, -0.2) is 25.4 Å². The maximum Gasteiger partial charge on any atom is 0.341 e. The zero-order valence-corrected chi connectivity index (χ0v) is 17.8. The van der Waals surface area contributed by atoms with Gasteiger partial charge in [-0.1, -0.05) is 29.3 Å². The van der Waals surface area contributed by atoms with Crippen molar-refractivity contribution >= 4 is 40.1 Å². The molecular weight excluding hydrogens is 444 g/mol. The molecule has 0 amide bonds. The number of rotatable bonds is 5. The lowest BCUT2D eigenvalue weighted by Gasteiger charge is -2.20. The zero-order chi connectivity index (χ0) is 22.3. The second-order valence-electron chi connectivity index (χ2n) is 6.91. The van der Waals surface area contributed by atoms with Gasteiger partial charge in [0.1, 0.15) is 11.4 Å². The number of hydrogen-bond donors (Lipinski definition) is 1. The van der Waals surface area contributed by atoms with Crippen LogP contribution in [0.25, 0.3) is 22.2 Å². The van der Waals surface area contributed by atoms with E-state index in [1.165, 1.54) is 30.5 Å². The Kier molecular flexibility index (Phi) is 5.56. The Balaban J connectivity index is 1.95. The first kappa shape index (κ1) is 21.1. The van der Waals surface area contributed by atoms with E-state index in [0.29, 0.717) is 33.7 Å². The van der Waals surface area contributed by atoms with Crippen molar-refractivity contribution in [3.05, 3.63) is 86.0 Å². The molecule has 31 heavy (non-hydrogen) atoms. The number of carboxylic acid groups (broad SMARTS) is 1. The molecule has 0 unspecified atom stereocenters. The van der Waals surface area contributed by atoms with Crippen molar-refractivity contribution in [3.8, 4) is 11.3 Å². The third kappa shape index (κ3) is 3.82. The van der Waals surface area contributed by atoms with Crippen LogP contribution in [0.5, 0.6) is 0 Å². The van der Waals surface area contributed by atoms with Crippen LogP contribution in [0.3, 0.4) is 0 Å². The zero-order valence-electron chi connectivity index (χ0n) is 16.3. The number of aromatic nitrogens is 3. The number of pyridine rings is 1. The maximum absolute atomic E-state index is 13.5. The van der Waals surface area contributed by atoms with E-state index in [4.69, 9.17) is 23.2 Å². The highest BCUT2D eigenvalue weighted by Crippen LogP contribution is 2.31. The Hall–Kier alpha value is -3.16. The molecule has 0 aliphatic heterocycles. The molecule has 2 aromatic heterocycles. The average Bonchev–Trinajstić information content (AvgIpc) is 3.11. The van der Waals surface area contributed by atoms with E-state index in [9.17, 15) is 19.1 Å². The van der Waals surface area contributed by atoms with Gasteiger partial charge in [0, 0.05) is 29.3 Å². The first-order chi connectivity index (χ1) is 14.8. The van der Waals surface area contributed by atoms with Crippen LogP contribution < -0.4 is 5.43 Å². The van der Waals surface area contributed by atoms with E-state index in [1.807, 2.05) is 6.92 Å². The molecule has 2 heterocycles. The summed E-state index contributed by atoms with van der Waals surface area (Å²) in [6, 6.07) is 10.3. The summed E-state index contributed by atoms with van der Waals surface area (Å²) >= 11 is 12.2. The summed E-state index contributed by atoms with van der Waals surface area (Å²) in [4.78, 5) is 24.7. The Labute approximate surface area is 186 Å². The fourth-order valence-corrected chi connectivity index (χ4v) is 3.97. The standard InChI is InChI=1S/C22H16Cl2FN3O3/c1-2-27-15(11-28-18-6-4-14(25)7-13(18)10-26-28)9-19(29)20(22(30)31)21(27)12-3-5-16(23)17(24)8-12/h3-10H,2,11H2,1H3,(H,30,31). The van der Waals surface area contributed by atoms with Crippen LogP contribution in [0, 0.1) is 5.82 Å². The summed E-state index contributed by atoms with van der Waals surface area (Å²) in [5, 5.41) is 15.2. The molecule has 0 atom stereocenters. The number of aromatic carboxylic acids is 1. The molecule has 4 aromatic rings. The van der Waals surface area contributed by atoms with Crippen molar-refractivity contribution in [2.24, 2.45) is 0 Å². The number of fused-ring (bicyclic) bond motifs is 1. The molecular formula is C22H16Cl2FN3O3. The van der Waals surface area contributed by atoms with E-state index in [2.05, 4.69) is 5.10 Å². The summed E-state index contributed by atoms with van der Waals surface area (Å²) in [5.74, 6) is -1.70. The minimum absolute atomic E-state index is 0.187. The topological polar surface area (TPSA) is 77.1 Å². The maximum atomic E-state index is 13.5. The normalized spacial score (nSPS) is 11.2. The first-order valence-corrected chi connectivity index (χ1v) is 10.1. The van der Waals surface area contributed by atoms with Crippen molar-refractivity contribution in [2.75, 3.05) is 0 Å². The van der Waals surface area contributed by atoms with Gasteiger partial charge in [0.15, 0.2) is 5.43 Å². The molecule has 0 bridgehead atoms. The lowest BCUT2D eigenvalue weighted by Crippen LogP contribution is -2.24. The fraction of sp³-hybridized carbons (Fsp3) is 0.136. The number of carboxylic acids is 1. The lowest BCUT2D eigenvalue weighted by atomic mass is 10.0. The number of hydrogen-bond acceptors (Lipinski definition) is 3. The predicted octanol–water partition coefficient (Wildman–Crippen LogP) is 5.08.